The molecule has 0 bridgehead atoms. The van der Waals surface area contributed by atoms with E-state index in [1.807, 2.05) is 6.20 Å². The predicted molar refractivity (Wildman–Crippen MR) is 103 cm³/mol. The molecule has 0 radical (unpaired) electrons. The van der Waals surface area contributed by atoms with E-state index in [0.29, 0.717) is 0 Å². The van der Waals surface area contributed by atoms with Crippen molar-refractivity contribution < 1.29 is 4.74 Å². The van der Waals surface area contributed by atoms with Crippen molar-refractivity contribution in [3.63, 3.8) is 0 Å². The average molecular weight is 325 g/mol. The van der Waals surface area contributed by atoms with E-state index in [4.69, 9.17) is 9.72 Å². The molecular formula is C23H19NO. The van der Waals surface area contributed by atoms with Gasteiger partial charge in [-0.15, -0.1) is 0 Å². The molecule has 122 valence electrons. The quantitative estimate of drug-likeness (QED) is 0.447. The Hall–Kier alpha value is -2.87. The zero-order valence-corrected chi connectivity index (χ0v) is 14.6. The molecule has 0 atom stereocenters. The van der Waals surface area contributed by atoms with Gasteiger partial charge < -0.3 is 4.74 Å². The Kier molecular flexibility index (Phi) is 2.79. The van der Waals surface area contributed by atoms with Crippen LogP contribution in [0.1, 0.15) is 25.0 Å². The Morgan fingerprint density at radius 3 is 2.32 bits per heavy atom. The molecule has 0 N–H and O–H groups in total. The van der Waals surface area contributed by atoms with Gasteiger partial charge in [0, 0.05) is 27.9 Å². The number of methoxy groups -OCH3 is 1. The molecule has 5 rings (SSSR count). The van der Waals surface area contributed by atoms with Crippen molar-refractivity contribution in [3.8, 4) is 17.0 Å². The highest BCUT2D eigenvalue weighted by Gasteiger charge is 2.40. The van der Waals surface area contributed by atoms with Crippen LogP contribution in [0.2, 0.25) is 0 Å². The number of aromatic nitrogens is 1. The van der Waals surface area contributed by atoms with Gasteiger partial charge in [-0.2, -0.15) is 0 Å². The third-order valence-corrected chi connectivity index (χ3v) is 5.54. The summed E-state index contributed by atoms with van der Waals surface area (Å²) in [5.41, 5.74) is 4.68. The van der Waals surface area contributed by atoms with Gasteiger partial charge in [0.25, 0.3) is 0 Å². The van der Waals surface area contributed by atoms with Crippen LogP contribution in [0.15, 0.2) is 60.8 Å². The fraction of sp³-hybridized carbons (Fsp3) is 0.174. The van der Waals surface area contributed by atoms with Crippen molar-refractivity contribution >= 4 is 21.5 Å². The molecule has 2 heteroatoms. The predicted octanol–water partition coefficient (Wildman–Crippen LogP) is 5.70. The van der Waals surface area contributed by atoms with Crippen LogP contribution < -0.4 is 4.74 Å². The second kappa shape index (κ2) is 4.82. The van der Waals surface area contributed by atoms with Crippen molar-refractivity contribution in [2.24, 2.45) is 0 Å². The highest BCUT2D eigenvalue weighted by atomic mass is 16.5. The van der Waals surface area contributed by atoms with Crippen LogP contribution in [0, 0.1) is 0 Å². The first-order valence-corrected chi connectivity index (χ1v) is 8.61. The van der Waals surface area contributed by atoms with E-state index in [2.05, 4.69) is 68.4 Å². The number of hydrogen-bond donors (Lipinski definition) is 0. The molecule has 4 aromatic rings. The summed E-state index contributed by atoms with van der Waals surface area (Å²) >= 11 is 0. The lowest BCUT2D eigenvalue weighted by Crippen LogP contribution is -2.15. The normalized spacial score (nSPS) is 14.5. The van der Waals surface area contributed by atoms with Gasteiger partial charge in [0.1, 0.15) is 5.75 Å². The summed E-state index contributed by atoms with van der Waals surface area (Å²) in [4.78, 5) is 4.86. The van der Waals surface area contributed by atoms with Gasteiger partial charge in [-0.3, -0.25) is 4.98 Å². The summed E-state index contributed by atoms with van der Waals surface area (Å²) in [6.07, 6.45) is 1.98. The molecule has 1 aliphatic carbocycles. The van der Waals surface area contributed by atoms with Gasteiger partial charge in [-0.25, -0.2) is 0 Å². The zero-order valence-electron chi connectivity index (χ0n) is 14.6. The summed E-state index contributed by atoms with van der Waals surface area (Å²) in [6.45, 7) is 4.58. The van der Waals surface area contributed by atoms with Crippen LogP contribution in [0.3, 0.4) is 0 Å². The van der Waals surface area contributed by atoms with Gasteiger partial charge in [0.15, 0.2) is 0 Å². The van der Waals surface area contributed by atoms with E-state index in [1.54, 1.807) is 7.11 Å². The summed E-state index contributed by atoms with van der Waals surface area (Å²) < 4.78 is 5.89. The minimum atomic E-state index is -0.115. The van der Waals surface area contributed by atoms with Gasteiger partial charge >= 0.3 is 0 Å². The van der Waals surface area contributed by atoms with Crippen LogP contribution in [-0.2, 0) is 5.41 Å². The molecule has 0 amide bonds. The molecule has 0 spiro atoms. The van der Waals surface area contributed by atoms with Crippen LogP contribution in [0.25, 0.3) is 32.8 Å². The second-order valence-electron chi connectivity index (χ2n) is 7.25. The lowest BCUT2D eigenvalue weighted by Gasteiger charge is -2.23. The number of benzene rings is 3. The number of pyridine rings is 1. The first kappa shape index (κ1) is 14.5. The maximum absolute atomic E-state index is 5.89. The van der Waals surface area contributed by atoms with Crippen LogP contribution in [0.5, 0.6) is 5.75 Å². The lowest BCUT2D eigenvalue weighted by atomic mass is 9.80. The molecular weight excluding hydrogens is 306 g/mol. The van der Waals surface area contributed by atoms with Crippen LogP contribution in [-0.4, -0.2) is 12.1 Å². The Labute approximate surface area is 147 Å². The molecule has 25 heavy (non-hydrogen) atoms. The van der Waals surface area contributed by atoms with Crippen LogP contribution >= 0.6 is 0 Å². The fourth-order valence-electron chi connectivity index (χ4n) is 4.37. The number of hydrogen-bond acceptors (Lipinski definition) is 2. The molecule has 1 aliphatic rings. The maximum atomic E-state index is 5.89. The van der Waals surface area contributed by atoms with E-state index >= 15 is 0 Å². The smallest absolute Gasteiger partial charge is 0.136 e. The Morgan fingerprint density at radius 1 is 0.880 bits per heavy atom. The minimum absolute atomic E-state index is 0.115. The minimum Gasteiger partial charge on any atom is -0.495 e. The molecule has 1 heterocycles. The van der Waals surface area contributed by atoms with E-state index in [9.17, 15) is 0 Å². The Bertz CT molecular complexity index is 1160. The highest BCUT2D eigenvalue weighted by molar-refractivity contribution is 6.03. The first-order valence-electron chi connectivity index (χ1n) is 8.61. The summed E-state index contributed by atoms with van der Waals surface area (Å²) in [5, 5.41) is 4.82. The van der Waals surface area contributed by atoms with E-state index in [1.165, 1.54) is 27.3 Å². The summed E-state index contributed by atoms with van der Waals surface area (Å²) in [7, 11) is 1.76. The van der Waals surface area contributed by atoms with Crippen molar-refractivity contribution in [1.82, 2.24) is 4.98 Å². The Balaban J connectivity index is 2.00. The molecule has 0 aliphatic heterocycles. The molecule has 0 saturated heterocycles. The number of fused-ring (bicyclic) bond motifs is 6. The average Bonchev–Trinajstić information content (AvgIpc) is 2.87. The molecule has 3 aromatic carbocycles. The molecule has 1 aromatic heterocycles. The third-order valence-electron chi connectivity index (χ3n) is 5.54. The molecule has 0 unspecified atom stereocenters. The van der Waals surface area contributed by atoms with Gasteiger partial charge in [0.2, 0.25) is 0 Å². The largest absolute Gasteiger partial charge is 0.495 e. The van der Waals surface area contributed by atoms with E-state index in [0.717, 1.165) is 22.4 Å². The Morgan fingerprint density at radius 2 is 1.56 bits per heavy atom. The van der Waals surface area contributed by atoms with Crippen molar-refractivity contribution in [2.75, 3.05) is 7.11 Å². The monoisotopic (exact) mass is 325 g/mol. The summed E-state index contributed by atoms with van der Waals surface area (Å²) in [6, 6.07) is 19.2. The standard InChI is InChI=1S/C23H19NO/c1-23(2)18-12-14-8-4-7-11-17(14)22(25-3)19(18)21-20(23)16-10-6-5-9-15(16)13-24-21/h4-13H,1-3H3. The number of ether oxygens (including phenoxy) is 1. The van der Waals surface area contributed by atoms with E-state index in [-0.39, 0.29) is 5.41 Å². The van der Waals surface area contributed by atoms with Crippen LogP contribution in [0.4, 0.5) is 0 Å². The SMILES string of the molecule is COc1c2c(cc3ccccc13)C(C)(C)c1c-2ncc2ccccc12. The molecule has 0 saturated carbocycles. The zero-order chi connectivity index (χ0) is 17.2. The third kappa shape index (κ3) is 1.77. The lowest BCUT2D eigenvalue weighted by molar-refractivity contribution is 0.421. The molecule has 2 nitrogen and oxygen atoms in total. The van der Waals surface area contributed by atoms with Gasteiger partial charge in [0.05, 0.1) is 12.8 Å². The van der Waals surface area contributed by atoms with Gasteiger partial charge in [-0.1, -0.05) is 62.4 Å². The summed E-state index contributed by atoms with van der Waals surface area (Å²) in [5.74, 6) is 0.933. The van der Waals surface area contributed by atoms with Crippen molar-refractivity contribution in [3.05, 3.63) is 71.9 Å². The first-order chi connectivity index (χ1) is 12.1. The number of rotatable bonds is 1. The fourth-order valence-corrected chi connectivity index (χ4v) is 4.37. The van der Waals surface area contributed by atoms with E-state index < -0.39 is 0 Å². The topological polar surface area (TPSA) is 22.1 Å². The second-order valence-corrected chi connectivity index (χ2v) is 7.25. The number of nitrogens with zero attached hydrogens (tertiary/aromatic N) is 1. The highest BCUT2D eigenvalue weighted by Crippen LogP contribution is 2.55. The van der Waals surface area contributed by atoms with Crippen molar-refractivity contribution in [1.29, 1.82) is 0 Å². The molecule has 0 fully saturated rings. The van der Waals surface area contributed by atoms with Gasteiger partial charge in [-0.05, 0) is 28.0 Å². The maximum Gasteiger partial charge on any atom is 0.136 e. The van der Waals surface area contributed by atoms with Crippen molar-refractivity contribution in [2.45, 2.75) is 19.3 Å².